The molecule has 12 heteroatoms. The first-order valence-corrected chi connectivity index (χ1v) is 12.0. The number of quaternary nitrogens is 1. The lowest BCUT2D eigenvalue weighted by atomic mass is 9.47. The number of ketones is 1. The number of hydroxylamine groups is 3. The molecule has 1 spiro atoms. The highest BCUT2D eigenvalue weighted by molar-refractivity contribution is 5.91. The molecule has 3 fully saturated rings. The van der Waals surface area contributed by atoms with E-state index in [1.807, 2.05) is 6.07 Å². The number of benzene rings is 1. The van der Waals surface area contributed by atoms with Crippen molar-refractivity contribution < 1.29 is 47.2 Å². The number of rotatable bonds is 3. The highest BCUT2D eigenvalue weighted by atomic mass is 19.4. The largest absolute Gasteiger partial charge is 0.633 e. The van der Waals surface area contributed by atoms with Crippen LogP contribution in [0.2, 0.25) is 0 Å². The second-order valence-electron chi connectivity index (χ2n) is 10.6. The van der Waals surface area contributed by atoms with Crippen molar-refractivity contribution >= 4 is 17.7 Å². The van der Waals surface area contributed by atoms with Crippen LogP contribution in [0.4, 0.5) is 13.2 Å². The average Bonchev–Trinajstić information content (AvgIpc) is 3.50. The summed E-state index contributed by atoms with van der Waals surface area (Å²) < 4.78 is 37.6. The molecule has 1 aromatic rings. The summed E-state index contributed by atoms with van der Waals surface area (Å²) in [6.07, 6.45) is -1.88. The Hall–Kier alpha value is -2.86. The van der Waals surface area contributed by atoms with Crippen molar-refractivity contribution in [2.24, 2.45) is 5.92 Å². The van der Waals surface area contributed by atoms with Gasteiger partial charge in [0.05, 0.1) is 18.5 Å². The summed E-state index contributed by atoms with van der Waals surface area (Å²) in [7, 11) is 0. The smallest absolute Gasteiger partial charge is 0.490 e. The fourth-order valence-electron chi connectivity index (χ4n) is 7.16. The Bertz CT molecular complexity index is 1150. The van der Waals surface area contributed by atoms with Crippen LogP contribution in [0.15, 0.2) is 12.1 Å². The van der Waals surface area contributed by atoms with Crippen LogP contribution >= 0.6 is 0 Å². The number of carboxylic acids is 1. The first kappa shape index (κ1) is 24.8. The monoisotopic (exact) mass is 512 g/mol. The maximum Gasteiger partial charge on any atom is 0.490 e. The third-order valence-corrected chi connectivity index (χ3v) is 8.55. The fraction of sp³-hybridized carbons (Fsp3) is 0.625. The van der Waals surface area contributed by atoms with Gasteiger partial charge in [-0.1, -0.05) is 6.07 Å². The number of amides is 1. The molecule has 196 valence electrons. The van der Waals surface area contributed by atoms with E-state index in [2.05, 4.69) is 5.32 Å². The molecule has 1 saturated heterocycles. The number of hydrogen-bond acceptors (Lipinski definition) is 6. The third-order valence-electron chi connectivity index (χ3n) is 8.55. The maximum atomic E-state index is 14.2. The molecule has 36 heavy (non-hydrogen) atoms. The van der Waals surface area contributed by atoms with Crippen LogP contribution in [0.25, 0.3) is 0 Å². The normalized spacial score (nSPS) is 35.6. The number of Topliss-reactive ketones (excluding diaryl/α,β-unsaturated/α-hetero) is 1. The minimum Gasteiger partial charge on any atom is -0.633 e. The van der Waals surface area contributed by atoms with Gasteiger partial charge in [-0.05, 0) is 30.9 Å². The van der Waals surface area contributed by atoms with Gasteiger partial charge in [0.15, 0.2) is 23.4 Å². The number of aliphatic carboxylic acids is 1. The van der Waals surface area contributed by atoms with Crippen LogP contribution in [-0.4, -0.2) is 69.5 Å². The SMILES string of the molecule is CC(=O)N[C@@]12CCC(=O)[C@H]3Oc4c(O)ccc5c4[C@@]31CC[N+]([O-])(CC1CC1)[C@@H]2C5.O=C(O)C(F)(F)F. The second kappa shape index (κ2) is 7.82. The highest BCUT2D eigenvalue weighted by Crippen LogP contribution is 2.66. The molecule has 2 saturated carbocycles. The third kappa shape index (κ3) is 3.41. The van der Waals surface area contributed by atoms with Crippen LogP contribution in [0.1, 0.15) is 50.2 Å². The summed E-state index contributed by atoms with van der Waals surface area (Å²) in [4.78, 5) is 34.3. The van der Waals surface area contributed by atoms with Crippen molar-refractivity contribution in [1.29, 1.82) is 0 Å². The van der Waals surface area contributed by atoms with Crippen molar-refractivity contribution in [2.45, 2.75) is 74.7 Å². The molecule has 6 rings (SSSR count). The Balaban J connectivity index is 0.000000338. The molecule has 2 heterocycles. The van der Waals surface area contributed by atoms with Gasteiger partial charge in [0.25, 0.3) is 0 Å². The zero-order chi connectivity index (χ0) is 26.3. The number of carboxylic acid groups (broad SMARTS) is 1. The number of nitrogens with one attached hydrogen (secondary N) is 1. The predicted molar refractivity (Wildman–Crippen MR) is 117 cm³/mol. The Labute approximate surface area is 204 Å². The Morgan fingerprint density at radius 3 is 2.53 bits per heavy atom. The van der Waals surface area contributed by atoms with Crippen LogP contribution in [0.3, 0.4) is 0 Å². The molecule has 3 aliphatic carbocycles. The molecular formula is C24H27F3N2O7. The van der Waals surface area contributed by atoms with E-state index >= 15 is 0 Å². The van der Waals surface area contributed by atoms with E-state index in [0.717, 1.165) is 24.0 Å². The minimum atomic E-state index is -5.08. The molecule has 1 aromatic carbocycles. The first-order chi connectivity index (χ1) is 16.7. The van der Waals surface area contributed by atoms with Crippen molar-refractivity contribution in [3.05, 3.63) is 28.5 Å². The summed E-state index contributed by atoms with van der Waals surface area (Å²) in [6.45, 7) is 2.49. The van der Waals surface area contributed by atoms with Gasteiger partial charge < -0.3 is 30.1 Å². The molecule has 0 radical (unpaired) electrons. The summed E-state index contributed by atoms with van der Waals surface area (Å²) >= 11 is 0. The van der Waals surface area contributed by atoms with E-state index < -0.39 is 29.2 Å². The van der Waals surface area contributed by atoms with Gasteiger partial charge >= 0.3 is 12.1 Å². The number of piperidine rings is 1. The summed E-state index contributed by atoms with van der Waals surface area (Å²) in [5.74, 6) is -2.06. The van der Waals surface area contributed by atoms with Gasteiger partial charge in [-0.2, -0.15) is 13.2 Å². The topological polar surface area (TPSA) is 136 Å². The van der Waals surface area contributed by atoms with Crippen LogP contribution in [0, 0.1) is 11.1 Å². The summed E-state index contributed by atoms with van der Waals surface area (Å²) in [6, 6.07) is 3.13. The zero-order valence-electron chi connectivity index (χ0n) is 19.6. The Morgan fingerprint density at radius 1 is 1.28 bits per heavy atom. The quantitative estimate of drug-likeness (QED) is 0.418. The minimum absolute atomic E-state index is 0.00117. The van der Waals surface area contributed by atoms with Gasteiger partial charge in [-0.15, -0.1) is 0 Å². The van der Waals surface area contributed by atoms with Crippen LogP contribution < -0.4 is 10.1 Å². The lowest BCUT2D eigenvalue weighted by molar-refractivity contribution is -0.920. The van der Waals surface area contributed by atoms with Crippen molar-refractivity contribution in [1.82, 2.24) is 5.32 Å². The number of aromatic hydroxyl groups is 1. The fourth-order valence-corrected chi connectivity index (χ4v) is 7.16. The number of ether oxygens (including phenoxy) is 1. The number of phenols is 1. The van der Waals surface area contributed by atoms with E-state index in [0.29, 0.717) is 44.0 Å². The lowest BCUT2D eigenvalue weighted by Gasteiger charge is -2.69. The number of hydrogen-bond donors (Lipinski definition) is 3. The molecule has 2 aliphatic heterocycles. The van der Waals surface area contributed by atoms with Gasteiger partial charge in [0, 0.05) is 37.7 Å². The van der Waals surface area contributed by atoms with Crippen molar-refractivity contribution in [3.63, 3.8) is 0 Å². The molecule has 1 amide bonds. The van der Waals surface area contributed by atoms with Crippen molar-refractivity contribution in [3.8, 4) is 11.5 Å². The summed E-state index contributed by atoms with van der Waals surface area (Å²) in [5.41, 5.74) is 0.252. The molecular weight excluding hydrogens is 485 g/mol. The van der Waals surface area contributed by atoms with Gasteiger partial charge in [-0.25, -0.2) is 4.79 Å². The lowest BCUT2D eigenvalue weighted by Crippen LogP contribution is -2.84. The number of nitrogens with zero attached hydrogens (tertiary/aromatic N) is 1. The second-order valence-corrected chi connectivity index (χ2v) is 10.6. The van der Waals surface area contributed by atoms with E-state index in [4.69, 9.17) is 14.6 Å². The van der Waals surface area contributed by atoms with Crippen LogP contribution in [0.5, 0.6) is 11.5 Å². The highest BCUT2D eigenvalue weighted by Gasteiger charge is 2.76. The van der Waals surface area contributed by atoms with Gasteiger partial charge in [0.2, 0.25) is 5.91 Å². The number of carbonyl (C=O) groups is 3. The molecule has 5 aliphatic rings. The predicted octanol–water partition coefficient (Wildman–Crippen LogP) is 2.32. The number of alkyl halides is 3. The standard InChI is InChI=1S/C22H26N2O5.C2HF3O2/c1-12(25)23-22-7-6-16(27)20-21(22)8-9-24(28,11-13-2-3-13)17(22)10-14-4-5-15(26)19(29-20)18(14)21;3-2(4,5)1(6)7/h4-5,13,17,20,26H,2-3,6-11H2,1H3,(H,23,25);(H,6,7)/t17-,20-,21+,22-,24?;/m1./s1. The molecule has 9 nitrogen and oxygen atoms in total. The Kier molecular flexibility index (Phi) is 5.39. The molecule has 5 atom stereocenters. The first-order valence-electron chi connectivity index (χ1n) is 12.0. The van der Waals surface area contributed by atoms with Gasteiger partial charge in [0.1, 0.15) is 11.6 Å². The van der Waals surface area contributed by atoms with Crippen LogP contribution in [-0.2, 0) is 26.2 Å². The molecule has 3 N–H and O–H groups in total. The van der Waals surface area contributed by atoms with Gasteiger partial charge in [-0.3, -0.25) is 9.59 Å². The molecule has 1 unspecified atom stereocenters. The van der Waals surface area contributed by atoms with E-state index in [1.54, 1.807) is 6.07 Å². The number of carbonyl (C=O) groups excluding carboxylic acids is 2. The number of phenolic OH excluding ortho intramolecular Hbond substituents is 1. The van der Waals surface area contributed by atoms with E-state index in [1.165, 1.54) is 6.92 Å². The molecule has 2 bridgehead atoms. The van der Waals surface area contributed by atoms with E-state index in [-0.39, 0.29) is 34.5 Å². The molecule has 0 aromatic heterocycles. The van der Waals surface area contributed by atoms with Crippen molar-refractivity contribution in [2.75, 3.05) is 13.1 Å². The average molecular weight is 512 g/mol. The maximum absolute atomic E-state index is 14.2. The summed E-state index contributed by atoms with van der Waals surface area (Å²) in [5, 5.41) is 35.1. The zero-order valence-corrected chi connectivity index (χ0v) is 19.6. The Morgan fingerprint density at radius 2 is 1.94 bits per heavy atom. The number of likely N-dealkylation sites (tertiary alicyclic amines) is 1. The van der Waals surface area contributed by atoms with E-state index in [9.17, 15) is 33.1 Å². The number of halogens is 3.